The van der Waals surface area contributed by atoms with Crippen molar-refractivity contribution in [1.29, 1.82) is 0 Å². The second-order valence-corrected chi connectivity index (χ2v) is 10.6. The molecule has 1 amide bonds. The van der Waals surface area contributed by atoms with Crippen LogP contribution in [0.15, 0.2) is 104 Å². The number of carbonyl (C=O) groups is 1. The predicted molar refractivity (Wildman–Crippen MR) is 153 cm³/mol. The molecule has 0 aliphatic carbocycles. The smallest absolute Gasteiger partial charge is 0.268 e. The summed E-state index contributed by atoms with van der Waals surface area (Å²) in [6.45, 7) is 0. The van der Waals surface area contributed by atoms with Crippen molar-refractivity contribution in [1.82, 2.24) is 15.0 Å². The van der Waals surface area contributed by atoms with E-state index >= 15 is 0 Å². The van der Waals surface area contributed by atoms with Crippen LogP contribution in [0.2, 0.25) is 0 Å². The van der Waals surface area contributed by atoms with Gasteiger partial charge in [-0.05, 0) is 42.0 Å². The van der Waals surface area contributed by atoms with E-state index in [4.69, 9.17) is 4.98 Å². The van der Waals surface area contributed by atoms with E-state index in [1.807, 2.05) is 60.0 Å². The molecule has 5 rings (SSSR count). The van der Waals surface area contributed by atoms with Gasteiger partial charge in [0.15, 0.2) is 5.16 Å². The molecule has 0 saturated carbocycles. The minimum atomic E-state index is -0.368. The van der Waals surface area contributed by atoms with Crippen LogP contribution in [0.3, 0.4) is 0 Å². The lowest BCUT2D eigenvalue weighted by Gasteiger charge is -2.12. The predicted octanol–water partition coefficient (Wildman–Crippen LogP) is 5.82. The van der Waals surface area contributed by atoms with Crippen molar-refractivity contribution in [3.05, 3.63) is 105 Å². The molecule has 3 aromatic carbocycles. The van der Waals surface area contributed by atoms with Crippen molar-refractivity contribution < 1.29 is 9.90 Å². The standard InChI is InChI=1S/C27H19BrN4O3S2/c28-19-12-10-17(11-13-19)21-15-36-25-24(21)26(35)32(20-7-2-1-3-8-20)27(30-25)37-16-23(34)31-29-14-18-6-4-5-9-22(18)33/h1-15,33H,16H2,(H,31,34). The van der Waals surface area contributed by atoms with Crippen LogP contribution >= 0.6 is 39.0 Å². The number of para-hydroxylation sites is 2. The molecular formula is C27H19BrN4O3S2. The third kappa shape index (κ3) is 5.51. The molecule has 0 spiro atoms. The van der Waals surface area contributed by atoms with Crippen LogP contribution in [0.1, 0.15) is 5.56 Å². The van der Waals surface area contributed by atoms with Gasteiger partial charge in [0.2, 0.25) is 0 Å². The highest BCUT2D eigenvalue weighted by atomic mass is 79.9. The third-order valence-electron chi connectivity index (χ3n) is 5.41. The maximum absolute atomic E-state index is 13.8. The van der Waals surface area contributed by atoms with Crippen molar-refractivity contribution in [3.63, 3.8) is 0 Å². The van der Waals surface area contributed by atoms with Crippen LogP contribution in [0.5, 0.6) is 5.75 Å². The Bertz CT molecular complexity index is 1670. The largest absolute Gasteiger partial charge is 0.507 e. The van der Waals surface area contributed by atoms with Crippen LogP contribution in [0.25, 0.3) is 27.0 Å². The fourth-order valence-corrected chi connectivity index (χ4v) is 5.71. The summed E-state index contributed by atoms with van der Waals surface area (Å²) in [6.07, 6.45) is 1.37. The Balaban J connectivity index is 1.45. The summed E-state index contributed by atoms with van der Waals surface area (Å²) in [6, 6.07) is 23.7. The quantitative estimate of drug-likeness (QED) is 0.108. The summed E-state index contributed by atoms with van der Waals surface area (Å²) in [4.78, 5) is 31.7. The SMILES string of the molecule is O=C(CSc1nc2scc(-c3ccc(Br)cc3)c2c(=O)n1-c1ccccc1)NN=Cc1ccccc1O. The lowest BCUT2D eigenvalue weighted by Crippen LogP contribution is -2.24. The summed E-state index contributed by atoms with van der Waals surface area (Å²) in [5, 5.41) is 16.6. The van der Waals surface area contributed by atoms with Crippen LogP contribution in [-0.4, -0.2) is 32.5 Å². The van der Waals surface area contributed by atoms with Gasteiger partial charge in [-0.15, -0.1) is 11.3 Å². The number of nitrogens with zero attached hydrogens (tertiary/aromatic N) is 3. The Morgan fingerprint density at radius 3 is 2.57 bits per heavy atom. The first-order chi connectivity index (χ1) is 18.0. The highest BCUT2D eigenvalue weighted by Gasteiger charge is 2.19. The average molecular weight is 592 g/mol. The van der Waals surface area contributed by atoms with Crippen molar-refractivity contribution in [2.75, 3.05) is 5.75 Å². The topological polar surface area (TPSA) is 96.6 Å². The Labute approximate surface area is 228 Å². The molecule has 2 N–H and O–H groups in total. The maximum atomic E-state index is 13.8. The van der Waals surface area contributed by atoms with Gasteiger partial charge >= 0.3 is 0 Å². The first kappa shape index (κ1) is 24.9. The third-order valence-corrected chi connectivity index (χ3v) is 7.75. The van der Waals surface area contributed by atoms with Gasteiger partial charge in [0, 0.05) is 21.0 Å². The molecule has 2 aromatic heterocycles. The molecule has 37 heavy (non-hydrogen) atoms. The first-order valence-electron chi connectivity index (χ1n) is 11.1. The van der Waals surface area contributed by atoms with E-state index in [0.717, 1.165) is 27.4 Å². The number of aromatic nitrogens is 2. The number of hydrazone groups is 1. The molecular weight excluding hydrogens is 572 g/mol. The molecule has 0 fully saturated rings. The molecule has 0 atom stereocenters. The van der Waals surface area contributed by atoms with Gasteiger partial charge in [-0.3, -0.25) is 14.2 Å². The Morgan fingerprint density at radius 2 is 1.81 bits per heavy atom. The molecule has 184 valence electrons. The van der Waals surface area contributed by atoms with Crippen LogP contribution in [0.4, 0.5) is 0 Å². The lowest BCUT2D eigenvalue weighted by atomic mass is 10.1. The summed E-state index contributed by atoms with van der Waals surface area (Å²) in [5.74, 6) is -0.307. The maximum Gasteiger partial charge on any atom is 0.268 e. The van der Waals surface area contributed by atoms with E-state index in [-0.39, 0.29) is 23.0 Å². The Morgan fingerprint density at radius 1 is 1.08 bits per heavy atom. The number of benzene rings is 3. The minimum absolute atomic E-state index is 0.00611. The fraction of sp³-hybridized carbons (Fsp3) is 0.0370. The second-order valence-electron chi connectivity index (χ2n) is 7.85. The van der Waals surface area contributed by atoms with Gasteiger partial charge in [-0.25, -0.2) is 10.4 Å². The molecule has 0 bridgehead atoms. The summed E-state index contributed by atoms with van der Waals surface area (Å²) >= 11 is 6.00. The molecule has 7 nitrogen and oxygen atoms in total. The molecule has 0 saturated heterocycles. The monoisotopic (exact) mass is 590 g/mol. The van der Waals surface area contributed by atoms with Gasteiger partial charge in [-0.2, -0.15) is 5.10 Å². The highest BCUT2D eigenvalue weighted by Crippen LogP contribution is 2.33. The number of phenols is 1. The van der Waals surface area contributed by atoms with Crippen molar-refractivity contribution >= 4 is 61.4 Å². The zero-order valence-corrected chi connectivity index (χ0v) is 22.4. The fourth-order valence-electron chi connectivity index (χ4n) is 3.65. The number of thioether (sulfide) groups is 1. The number of nitrogens with one attached hydrogen (secondary N) is 1. The molecule has 0 unspecified atom stereocenters. The Hall–Kier alpha value is -3.73. The summed E-state index contributed by atoms with van der Waals surface area (Å²) < 4.78 is 2.50. The normalized spacial score (nSPS) is 11.3. The number of carbonyl (C=O) groups excluding carboxylic acids is 1. The highest BCUT2D eigenvalue weighted by molar-refractivity contribution is 9.10. The number of amides is 1. The number of hydrogen-bond acceptors (Lipinski definition) is 7. The zero-order valence-electron chi connectivity index (χ0n) is 19.2. The van der Waals surface area contributed by atoms with Crippen LogP contribution in [-0.2, 0) is 4.79 Å². The van der Waals surface area contributed by atoms with Gasteiger partial charge in [0.1, 0.15) is 10.6 Å². The van der Waals surface area contributed by atoms with Crippen molar-refractivity contribution in [2.24, 2.45) is 5.10 Å². The van der Waals surface area contributed by atoms with E-state index < -0.39 is 0 Å². The summed E-state index contributed by atoms with van der Waals surface area (Å²) in [5.41, 5.74) is 5.15. The van der Waals surface area contributed by atoms with Crippen LogP contribution < -0.4 is 11.0 Å². The van der Waals surface area contributed by atoms with E-state index in [0.29, 0.717) is 26.6 Å². The van der Waals surface area contributed by atoms with Gasteiger partial charge in [0.05, 0.1) is 23.0 Å². The van der Waals surface area contributed by atoms with Crippen LogP contribution in [0, 0.1) is 0 Å². The Kier molecular flexibility index (Phi) is 7.50. The van der Waals surface area contributed by atoms with Crippen molar-refractivity contribution in [2.45, 2.75) is 5.16 Å². The number of hydrogen-bond donors (Lipinski definition) is 2. The summed E-state index contributed by atoms with van der Waals surface area (Å²) in [7, 11) is 0. The van der Waals surface area contributed by atoms with Gasteiger partial charge in [-0.1, -0.05) is 70.2 Å². The number of aromatic hydroxyl groups is 1. The van der Waals surface area contributed by atoms with Gasteiger partial charge < -0.3 is 5.11 Å². The van der Waals surface area contributed by atoms with E-state index in [1.54, 1.807) is 22.8 Å². The molecule has 0 radical (unpaired) electrons. The van der Waals surface area contributed by atoms with Crippen molar-refractivity contribution in [3.8, 4) is 22.6 Å². The number of phenolic OH excluding ortho intramolecular Hbond substituents is 1. The molecule has 0 aliphatic heterocycles. The van der Waals surface area contributed by atoms with E-state index in [2.05, 4.69) is 26.5 Å². The zero-order chi connectivity index (χ0) is 25.8. The molecule has 2 heterocycles. The lowest BCUT2D eigenvalue weighted by molar-refractivity contribution is -0.118. The number of thiophene rings is 1. The minimum Gasteiger partial charge on any atom is -0.507 e. The average Bonchev–Trinajstić information content (AvgIpc) is 3.34. The molecule has 5 aromatic rings. The molecule has 0 aliphatic rings. The first-order valence-corrected chi connectivity index (χ1v) is 13.8. The number of rotatable bonds is 7. The second kappa shape index (κ2) is 11.1. The van der Waals surface area contributed by atoms with E-state index in [1.165, 1.54) is 23.6 Å². The van der Waals surface area contributed by atoms with Gasteiger partial charge in [0.25, 0.3) is 11.5 Å². The molecule has 10 heteroatoms. The number of halogens is 1. The van der Waals surface area contributed by atoms with E-state index in [9.17, 15) is 14.7 Å². The number of fused-ring (bicyclic) bond motifs is 1.